The number of carbonyl (C=O) groups is 1. The average Bonchev–Trinajstić information content (AvgIpc) is 3.05. The van der Waals surface area contributed by atoms with E-state index in [1.54, 1.807) is 44.4 Å². The lowest BCUT2D eigenvalue weighted by atomic mass is 9.62. The van der Waals surface area contributed by atoms with Gasteiger partial charge in [0.15, 0.2) is 11.4 Å². The topological polar surface area (TPSA) is 66.5 Å². The zero-order chi connectivity index (χ0) is 21.6. The summed E-state index contributed by atoms with van der Waals surface area (Å²) < 4.78 is 28.8. The third-order valence-electron chi connectivity index (χ3n) is 6.05. The number of amides is 1. The van der Waals surface area contributed by atoms with Crippen molar-refractivity contribution in [1.82, 2.24) is 0 Å². The predicted octanol–water partition coefficient (Wildman–Crippen LogP) is 3.17. The summed E-state index contributed by atoms with van der Waals surface area (Å²) in [6.45, 7) is 11.9. The molecule has 0 radical (unpaired) electrons. The van der Waals surface area contributed by atoms with Gasteiger partial charge in [0.1, 0.15) is 23.6 Å². The van der Waals surface area contributed by atoms with Crippen LogP contribution >= 0.6 is 0 Å². The van der Waals surface area contributed by atoms with E-state index in [0.29, 0.717) is 23.8 Å². The normalized spacial score (nSPS) is 28.8. The predicted molar refractivity (Wildman–Crippen MR) is 109 cm³/mol. The number of hydrogen-bond acceptors (Lipinski definition) is 6. The summed E-state index contributed by atoms with van der Waals surface area (Å²) in [4.78, 5) is 15.3. The van der Waals surface area contributed by atoms with E-state index < -0.39 is 22.8 Å². The summed E-state index contributed by atoms with van der Waals surface area (Å²) in [5.74, 6) is 0.256. The minimum atomic E-state index is -1.14. The van der Waals surface area contributed by atoms with Crippen molar-refractivity contribution >= 4 is 11.6 Å². The van der Waals surface area contributed by atoms with Crippen LogP contribution in [0.4, 0.5) is 5.69 Å². The SMILES string of the molecule is C=CC(C)(C)[C@]1(OC)C(=O)N(c2ccc(OC)cc2OC)[C@H]1[C@H]1COC(C)(C)O1. The molecule has 2 aliphatic rings. The summed E-state index contributed by atoms with van der Waals surface area (Å²) in [5, 5.41) is 0. The molecule has 3 rings (SSSR count). The lowest BCUT2D eigenvalue weighted by molar-refractivity contribution is -0.196. The van der Waals surface area contributed by atoms with Crippen LogP contribution in [0.5, 0.6) is 11.5 Å². The summed E-state index contributed by atoms with van der Waals surface area (Å²) in [5.41, 5.74) is -1.16. The highest BCUT2D eigenvalue weighted by atomic mass is 16.7. The lowest BCUT2D eigenvalue weighted by Gasteiger charge is -2.61. The molecule has 2 fully saturated rings. The van der Waals surface area contributed by atoms with E-state index in [9.17, 15) is 4.79 Å². The van der Waals surface area contributed by atoms with Crippen LogP contribution < -0.4 is 14.4 Å². The largest absolute Gasteiger partial charge is 0.497 e. The number of β-lactam (4-membered cyclic amide) rings is 1. The first kappa shape index (κ1) is 21.6. The van der Waals surface area contributed by atoms with Gasteiger partial charge in [0.2, 0.25) is 0 Å². The molecule has 0 aliphatic carbocycles. The number of nitrogens with zero attached hydrogens (tertiary/aromatic N) is 1. The van der Waals surface area contributed by atoms with Crippen molar-refractivity contribution in [2.75, 3.05) is 32.8 Å². The molecule has 29 heavy (non-hydrogen) atoms. The van der Waals surface area contributed by atoms with E-state index in [4.69, 9.17) is 23.7 Å². The van der Waals surface area contributed by atoms with Crippen molar-refractivity contribution in [3.05, 3.63) is 30.9 Å². The van der Waals surface area contributed by atoms with Gasteiger partial charge in [0.05, 0.1) is 26.5 Å². The molecule has 0 spiro atoms. The van der Waals surface area contributed by atoms with Crippen molar-refractivity contribution in [3.8, 4) is 11.5 Å². The Hall–Kier alpha value is -2.09. The monoisotopic (exact) mass is 405 g/mol. The number of benzene rings is 1. The molecule has 0 unspecified atom stereocenters. The van der Waals surface area contributed by atoms with Crippen LogP contribution in [0.1, 0.15) is 27.7 Å². The molecule has 0 bridgehead atoms. The highest BCUT2D eigenvalue weighted by Crippen LogP contribution is 2.54. The average molecular weight is 405 g/mol. The first-order valence-electron chi connectivity index (χ1n) is 9.64. The molecule has 2 aliphatic heterocycles. The number of carbonyl (C=O) groups excluding carboxylic acids is 1. The quantitative estimate of drug-likeness (QED) is 0.513. The van der Waals surface area contributed by atoms with Crippen LogP contribution in [0.15, 0.2) is 30.9 Å². The molecule has 0 N–H and O–H groups in total. The number of hydrogen-bond donors (Lipinski definition) is 0. The molecular weight excluding hydrogens is 374 g/mol. The molecule has 3 atom stereocenters. The Kier molecular flexibility index (Phi) is 5.45. The zero-order valence-corrected chi connectivity index (χ0v) is 18.3. The van der Waals surface area contributed by atoms with E-state index in [1.165, 1.54) is 0 Å². The zero-order valence-electron chi connectivity index (χ0n) is 18.3. The fourth-order valence-electron chi connectivity index (χ4n) is 4.37. The van der Waals surface area contributed by atoms with Gasteiger partial charge in [0, 0.05) is 18.6 Å². The Morgan fingerprint density at radius 3 is 2.41 bits per heavy atom. The number of methoxy groups -OCH3 is 3. The maximum atomic E-state index is 13.6. The highest BCUT2D eigenvalue weighted by Gasteiger charge is 2.71. The van der Waals surface area contributed by atoms with Gasteiger partial charge < -0.3 is 23.7 Å². The van der Waals surface area contributed by atoms with Gasteiger partial charge in [-0.15, -0.1) is 6.58 Å². The van der Waals surface area contributed by atoms with Crippen LogP contribution in [0.3, 0.4) is 0 Å². The second-order valence-corrected chi connectivity index (χ2v) is 8.39. The van der Waals surface area contributed by atoms with Crippen LogP contribution in [0.2, 0.25) is 0 Å². The molecular formula is C22H31NO6. The summed E-state index contributed by atoms with van der Waals surface area (Å²) in [7, 11) is 4.70. The number of anilines is 1. The second kappa shape index (κ2) is 7.31. The molecule has 1 aromatic carbocycles. The number of rotatable bonds is 7. The third kappa shape index (κ3) is 3.12. The van der Waals surface area contributed by atoms with E-state index in [1.807, 2.05) is 33.8 Å². The fourth-order valence-corrected chi connectivity index (χ4v) is 4.37. The Morgan fingerprint density at radius 1 is 1.24 bits per heavy atom. The Morgan fingerprint density at radius 2 is 1.93 bits per heavy atom. The first-order valence-corrected chi connectivity index (χ1v) is 9.64. The summed E-state index contributed by atoms with van der Waals surface area (Å²) in [6.07, 6.45) is 1.37. The summed E-state index contributed by atoms with van der Waals surface area (Å²) >= 11 is 0. The van der Waals surface area contributed by atoms with Gasteiger partial charge in [-0.2, -0.15) is 0 Å². The first-order chi connectivity index (χ1) is 13.6. The van der Waals surface area contributed by atoms with Crippen LogP contribution in [0.25, 0.3) is 0 Å². The van der Waals surface area contributed by atoms with Crippen molar-refractivity contribution < 1.29 is 28.5 Å². The Labute approximate surface area is 172 Å². The fraction of sp³-hybridized carbons (Fsp3) is 0.591. The minimum absolute atomic E-state index is 0.174. The smallest absolute Gasteiger partial charge is 0.262 e. The second-order valence-electron chi connectivity index (χ2n) is 8.39. The Balaban J connectivity index is 2.12. The molecule has 160 valence electrons. The van der Waals surface area contributed by atoms with Crippen LogP contribution in [-0.4, -0.2) is 57.4 Å². The highest BCUT2D eigenvalue weighted by molar-refractivity contribution is 6.10. The van der Waals surface area contributed by atoms with Gasteiger partial charge in [-0.3, -0.25) is 9.69 Å². The molecule has 0 saturated carbocycles. The molecule has 2 saturated heterocycles. The minimum Gasteiger partial charge on any atom is -0.497 e. The van der Waals surface area contributed by atoms with Gasteiger partial charge >= 0.3 is 0 Å². The maximum Gasteiger partial charge on any atom is 0.262 e. The van der Waals surface area contributed by atoms with Crippen LogP contribution in [0, 0.1) is 5.41 Å². The molecule has 1 aromatic rings. The molecule has 1 amide bonds. The van der Waals surface area contributed by atoms with E-state index in [-0.39, 0.29) is 12.0 Å². The van der Waals surface area contributed by atoms with Gasteiger partial charge in [-0.05, 0) is 26.0 Å². The standard InChI is InChI=1S/C22H31NO6/c1-9-20(2,3)22(27-8)18(17-13-28-21(4,5)29-17)23(19(22)24)15-11-10-14(25-6)12-16(15)26-7/h9-12,17-18H,1,13H2,2-8H3/t17-,18+,22-/m1/s1. The molecule has 0 aromatic heterocycles. The molecule has 7 heteroatoms. The number of ether oxygens (including phenoxy) is 5. The van der Waals surface area contributed by atoms with Crippen molar-refractivity contribution in [2.45, 2.75) is 51.2 Å². The van der Waals surface area contributed by atoms with E-state index in [0.717, 1.165) is 0 Å². The summed E-state index contributed by atoms with van der Waals surface area (Å²) in [6, 6.07) is 4.92. The van der Waals surface area contributed by atoms with Gasteiger partial charge in [0.25, 0.3) is 5.91 Å². The van der Waals surface area contributed by atoms with Crippen molar-refractivity contribution in [3.63, 3.8) is 0 Å². The van der Waals surface area contributed by atoms with Gasteiger partial charge in [-0.25, -0.2) is 0 Å². The third-order valence-corrected chi connectivity index (χ3v) is 6.05. The maximum absolute atomic E-state index is 13.6. The van der Waals surface area contributed by atoms with E-state index in [2.05, 4.69) is 6.58 Å². The van der Waals surface area contributed by atoms with Crippen molar-refractivity contribution in [1.29, 1.82) is 0 Å². The van der Waals surface area contributed by atoms with Crippen LogP contribution in [-0.2, 0) is 19.0 Å². The molecule has 7 nitrogen and oxygen atoms in total. The Bertz CT molecular complexity index is 804. The van der Waals surface area contributed by atoms with E-state index >= 15 is 0 Å². The lowest BCUT2D eigenvalue weighted by Crippen LogP contribution is -2.83. The van der Waals surface area contributed by atoms with Gasteiger partial charge in [-0.1, -0.05) is 19.9 Å². The molecule has 2 heterocycles. The van der Waals surface area contributed by atoms with Crippen molar-refractivity contribution in [2.24, 2.45) is 5.41 Å².